The molecule has 1 aliphatic rings. The number of hydrogen-bond acceptors (Lipinski definition) is 3. The normalized spacial score (nSPS) is 21.6. The molecule has 0 saturated carbocycles. The van der Waals surface area contributed by atoms with Crippen molar-refractivity contribution in [3.63, 3.8) is 0 Å². The van der Waals surface area contributed by atoms with Gasteiger partial charge < -0.3 is 4.90 Å². The highest BCUT2D eigenvalue weighted by atomic mass is 32.2. The van der Waals surface area contributed by atoms with Crippen LogP contribution in [0.2, 0.25) is 0 Å². The summed E-state index contributed by atoms with van der Waals surface area (Å²) in [7, 11) is -1.49. The molecule has 6 heteroatoms. The highest BCUT2D eigenvalue weighted by molar-refractivity contribution is 7.87. The molecule has 1 heterocycles. The number of hydrogen-bond donors (Lipinski definition) is 2. The molecule has 0 amide bonds. The van der Waals surface area contributed by atoms with E-state index in [0.717, 1.165) is 13.1 Å². The lowest BCUT2D eigenvalue weighted by Gasteiger charge is -2.35. The number of nitrogens with zero attached hydrogens (tertiary/aromatic N) is 1. The highest BCUT2D eigenvalue weighted by Crippen LogP contribution is 2.10. The zero-order valence-corrected chi connectivity index (χ0v) is 7.26. The lowest BCUT2D eigenvalue weighted by Crippen LogP contribution is -2.49. The SMILES string of the molecule is CN1CC(CNS(N)(=O)=O)C1. The Kier molecular flexibility index (Phi) is 2.48. The number of likely N-dealkylation sites (tertiary alicyclic amines) is 1. The monoisotopic (exact) mass is 179 g/mol. The van der Waals surface area contributed by atoms with E-state index < -0.39 is 10.2 Å². The molecule has 1 saturated heterocycles. The molecule has 1 rings (SSSR count). The van der Waals surface area contributed by atoms with Gasteiger partial charge in [0.25, 0.3) is 10.2 Å². The van der Waals surface area contributed by atoms with E-state index in [1.807, 2.05) is 7.05 Å². The molecule has 3 N–H and O–H groups in total. The Labute approximate surface area is 66.7 Å². The second-order valence-electron chi connectivity index (χ2n) is 2.98. The minimum absolute atomic E-state index is 0.429. The van der Waals surface area contributed by atoms with Crippen LogP contribution in [0.4, 0.5) is 0 Å². The smallest absolute Gasteiger partial charge is 0.274 e. The van der Waals surface area contributed by atoms with Gasteiger partial charge in [-0.1, -0.05) is 0 Å². The summed E-state index contributed by atoms with van der Waals surface area (Å²) in [4.78, 5) is 2.12. The maximum atomic E-state index is 10.4. The lowest BCUT2D eigenvalue weighted by atomic mass is 10.0. The fourth-order valence-electron chi connectivity index (χ4n) is 1.19. The average molecular weight is 179 g/mol. The van der Waals surface area contributed by atoms with Crippen LogP contribution in [0, 0.1) is 5.92 Å². The summed E-state index contributed by atoms with van der Waals surface area (Å²) in [5.41, 5.74) is 0. The molecular weight excluding hydrogens is 166 g/mol. The molecule has 5 nitrogen and oxygen atoms in total. The third-order valence-electron chi connectivity index (χ3n) is 1.71. The Morgan fingerprint density at radius 3 is 2.55 bits per heavy atom. The van der Waals surface area contributed by atoms with E-state index in [4.69, 9.17) is 5.14 Å². The van der Waals surface area contributed by atoms with E-state index in [9.17, 15) is 8.42 Å². The van der Waals surface area contributed by atoms with Crippen molar-refractivity contribution in [3.05, 3.63) is 0 Å². The van der Waals surface area contributed by atoms with E-state index in [0.29, 0.717) is 12.5 Å². The molecule has 0 radical (unpaired) electrons. The van der Waals surface area contributed by atoms with Crippen LogP contribution < -0.4 is 9.86 Å². The standard InChI is InChI=1S/C5H13N3O2S/c1-8-3-5(4-8)2-7-11(6,9)10/h5,7H,2-4H2,1H3,(H2,6,9,10). The molecule has 0 aromatic rings. The predicted octanol–water partition coefficient (Wildman–Crippen LogP) is -1.66. The Bertz CT molecular complexity index is 220. The largest absolute Gasteiger partial charge is 0.306 e. The summed E-state index contributed by atoms with van der Waals surface area (Å²) in [6.45, 7) is 2.36. The molecule has 1 fully saturated rings. The molecule has 1 aliphatic heterocycles. The van der Waals surface area contributed by atoms with Gasteiger partial charge in [-0.05, 0) is 13.0 Å². The number of nitrogens with one attached hydrogen (secondary N) is 1. The summed E-state index contributed by atoms with van der Waals surface area (Å²) in [6.07, 6.45) is 0. The van der Waals surface area contributed by atoms with Crippen LogP contribution in [0.3, 0.4) is 0 Å². The van der Waals surface area contributed by atoms with Gasteiger partial charge in [0.2, 0.25) is 0 Å². The zero-order valence-electron chi connectivity index (χ0n) is 6.45. The van der Waals surface area contributed by atoms with Gasteiger partial charge in [-0.15, -0.1) is 0 Å². The van der Waals surface area contributed by atoms with Crippen LogP contribution in [0.25, 0.3) is 0 Å². The van der Waals surface area contributed by atoms with Crippen molar-refractivity contribution in [2.45, 2.75) is 0 Å². The molecule has 0 aromatic carbocycles. The van der Waals surface area contributed by atoms with Crippen LogP contribution in [-0.2, 0) is 10.2 Å². The summed E-state index contributed by atoms with van der Waals surface area (Å²) in [5.74, 6) is 0.429. The van der Waals surface area contributed by atoms with Crippen LogP contribution in [0.15, 0.2) is 0 Å². The third kappa shape index (κ3) is 3.15. The second-order valence-corrected chi connectivity index (χ2v) is 4.36. The van der Waals surface area contributed by atoms with Gasteiger partial charge in [0.1, 0.15) is 0 Å². The van der Waals surface area contributed by atoms with Gasteiger partial charge in [0.15, 0.2) is 0 Å². The molecule has 0 atom stereocenters. The summed E-state index contributed by atoms with van der Waals surface area (Å²) < 4.78 is 23.1. The molecule has 0 aromatic heterocycles. The summed E-state index contributed by atoms with van der Waals surface area (Å²) in [5, 5.41) is 4.74. The highest BCUT2D eigenvalue weighted by Gasteiger charge is 2.23. The van der Waals surface area contributed by atoms with Crippen molar-refractivity contribution in [1.82, 2.24) is 9.62 Å². The Balaban J connectivity index is 2.15. The van der Waals surface area contributed by atoms with Crippen molar-refractivity contribution in [2.75, 3.05) is 26.7 Å². The van der Waals surface area contributed by atoms with Crippen molar-refractivity contribution < 1.29 is 8.42 Å². The summed E-state index contributed by atoms with van der Waals surface area (Å²) >= 11 is 0. The Morgan fingerprint density at radius 2 is 2.18 bits per heavy atom. The minimum atomic E-state index is -3.48. The van der Waals surface area contributed by atoms with Crippen molar-refractivity contribution in [2.24, 2.45) is 11.1 Å². The maximum Gasteiger partial charge on any atom is 0.274 e. The molecule has 0 aliphatic carbocycles. The second kappa shape index (κ2) is 3.06. The maximum absolute atomic E-state index is 10.4. The molecule has 0 spiro atoms. The van der Waals surface area contributed by atoms with Crippen molar-refractivity contribution >= 4 is 10.2 Å². The van der Waals surface area contributed by atoms with Crippen molar-refractivity contribution in [3.8, 4) is 0 Å². The van der Waals surface area contributed by atoms with E-state index in [2.05, 4.69) is 9.62 Å². The van der Waals surface area contributed by atoms with Gasteiger partial charge >= 0.3 is 0 Å². The van der Waals surface area contributed by atoms with E-state index in [1.54, 1.807) is 0 Å². The first-order valence-electron chi connectivity index (χ1n) is 3.43. The van der Waals surface area contributed by atoms with E-state index in [-0.39, 0.29) is 0 Å². The molecule has 0 bridgehead atoms. The zero-order chi connectivity index (χ0) is 8.48. The predicted molar refractivity (Wildman–Crippen MR) is 42.1 cm³/mol. The summed E-state index contributed by atoms with van der Waals surface area (Å²) in [6, 6.07) is 0. The fraction of sp³-hybridized carbons (Fsp3) is 1.00. The first kappa shape index (κ1) is 8.92. The average Bonchev–Trinajstić information content (AvgIpc) is 1.75. The fourth-order valence-corrected chi connectivity index (χ4v) is 1.66. The van der Waals surface area contributed by atoms with Gasteiger partial charge in [0.05, 0.1) is 0 Å². The Hall–Kier alpha value is -0.170. The van der Waals surface area contributed by atoms with Gasteiger partial charge in [-0.2, -0.15) is 8.42 Å². The molecule has 11 heavy (non-hydrogen) atoms. The van der Waals surface area contributed by atoms with Crippen LogP contribution in [0.5, 0.6) is 0 Å². The van der Waals surface area contributed by atoms with Gasteiger partial charge in [-0.3, -0.25) is 0 Å². The molecule has 66 valence electrons. The first-order chi connectivity index (χ1) is 4.97. The topological polar surface area (TPSA) is 75.4 Å². The number of nitrogens with two attached hydrogens (primary N) is 1. The Morgan fingerprint density at radius 1 is 1.64 bits per heavy atom. The van der Waals surface area contributed by atoms with Crippen LogP contribution in [0.1, 0.15) is 0 Å². The van der Waals surface area contributed by atoms with E-state index in [1.165, 1.54) is 0 Å². The lowest BCUT2D eigenvalue weighted by molar-refractivity contribution is 0.138. The van der Waals surface area contributed by atoms with E-state index >= 15 is 0 Å². The van der Waals surface area contributed by atoms with Crippen molar-refractivity contribution in [1.29, 1.82) is 0 Å². The molecular formula is C5H13N3O2S. The quantitative estimate of drug-likeness (QED) is 0.544. The van der Waals surface area contributed by atoms with Gasteiger partial charge in [0, 0.05) is 19.6 Å². The first-order valence-corrected chi connectivity index (χ1v) is 4.98. The van der Waals surface area contributed by atoms with Crippen LogP contribution in [-0.4, -0.2) is 40.0 Å². The molecule has 0 unspecified atom stereocenters. The minimum Gasteiger partial charge on any atom is -0.306 e. The van der Waals surface area contributed by atoms with Crippen LogP contribution >= 0.6 is 0 Å². The van der Waals surface area contributed by atoms with Gasteiger partial charge in [-0.25, -0.2) is 9.86 Å². The number of rotatable bonds is 3. The third-order valence-corrected chi connectivity index (χ3v) is 2.28.